The average molecular weight is 243 g/mol. The molecule has 0 amide bonds. The van der Waals surface area contributed by atoms with Crippen LogP contribution in [0.1, 0.15) is 16.7 Å². The van der Waals surface area contributed by atoms with Crippen LogP contribution in [0.3, 0.4) is 0 Å². The van der Waals surface area contributed by atoms with Crippen LogP contribution in [0.15, 0.2) is 30.5 Å². The quantitative estimate of drug-likeness (QED) is 0.565. The molecule has 0 aliphatic heterocycles. The minimum atomic E-state index is 0.410. The number of nitrogen functional groups attached to an aromatic ring is 1. The van der Waals surface area contributed by atoms with Gasteiger partial charge in [-0.2, -0.15) is 4.98 Å². The molecule has 0 saturated carbocycles. The van der Waals surface area contributed by atoms with Crippen molar-refractivity contribution in [1.29, 1.82) is 0 Å². The van der Waals surface area contributed by atoms with Gasteiger partial charge in [-0.1, -0.05) is 29.8 Å². The van der Waals surface area contributed by atoms with Gasteiger partial charge in [0.05, 0.1) is 0 Å². The van der Waals surface area contributed by atoms with Gasteiger partial charge in [0, 0.05) is 18.3 Å². The van der Waals surface area contributed by atoms with Gasteiger partial charge in [-0.05, 0) is 19.4 Å². The Morgan fingerprint density at radius 2 is 2.11 bits per heavy atom. The van der Waals surface area contributed by atoms with Crippen molar-refractivity contribution in [3.05, 3.63) is 47.2 Å². The predicted octanol–water partition coefficient (Wildman–Crippen LogP) is 1.99. The Morgan fingerprint density at radius 3 is 2.83 bits per heavy atom. The van der Waals surface area contributed by atoms with Crippen LogP contribution in [-0.2, 0) is 6.54 Å². The predicted molar refractivity (Wildman–Crippen MR) is 73.1 cm³/mol. The van der Waals surface area contributed by atoms with Crippen molar-refractivity contribution in [2.45, 2.75) is 20.4 Å². The fourth-order valence-corrected chi connectivity index (χ4v) is 1.70. The van der Waals surface area contributed by atoms with E-state index in [1.165, 1.54) is 11.1 Å². The number of nitrogens with one attached hydrogen (secondary N) is 2. The van der Waals surface area contributed by atoms with E-state index in [4.69, 9.17) is 5.84 Å². The minimum absolute atomic E-state index is 0.410. The fraction of sp³-hybridized carbons (Fsp3) is 0.231. The molecule has 1 aromatic heterocycles. The van der Waals surface area contributed by atoms with E-state index in [0.29, 0.717) is 5.95 Å². The standard InChI is InChI=1S/C13H17N5/c1-9-4-3-5-11(6-9)8-15-12-10(2)7-16-13(17-12)18-14/h3-7H,8,14H2,1-2H3,(H2,15,16,17,18). The zero-order valence-electron chi connectivity index (χ0n) is 10.6. The third-order valence-electron chi connectivity index (χ3n) is 2.64. The molecule has 18 heavy (non-hydrogen) atoms. The molecule has 1 aromatic carbocycles. The SMILES string of the molecule is Cc1cccc(CNc2nc(NN)ncc2C)c1. The molecule has 5 nitrogen and oxygen atoms in total. The summed E-state index contributed by atoms with van der Waals surface area (Å²) in [6, 6.07) is 8.35. The van der Waals surface area contributed by atoms with Crippen LogP contribution in [-0.4, -0.2) is 9.97 Å². The molecule has 0 atom stereocenters. The number of nitrogens with zero attached hydrogens (tertiary/aromatic N) is 2. The molecule has 1 heterocycles. The lowest BCUT2D eigenvalue weighted by Gasteiger charge is -2.10. The first-order chi connectivity index (χ1) is 8.69. The monoisotopic (exact) mass is 243 g/mol. The fourth-order valence-electron chi connectivity index (χ4n) is 1.70. The summed E-state index contributed by atoms with van der Waals surface area (Å²) in [6.45, 7) is 4.76. The van der Waals surface area contributed by atoms with Crippen LogP contribution in [0.25, 0.3) is 0 Å². The Morgan fingerprint density at radius 1 is 1.28 bits per heavy atom. The summed E-state index contributed by atoms with van der Waals surface area (Å²) in [5.74, 6) is 6.49. The van der Waals surface area contributed by atoms with E-state index < -0.39 is 0 Å². The van der Waals surface area contributed by atoms with Crippen LogP contribution in [0, 0.1) is 13.8 Å². The number of benzene rings is 1. The number of hydrazine groups is 1. The number of aromatic nitrogens is 2. The Balaban J connectivity index is 2.10. The van der Waals surface area contributed by atoms with Gasteiger partial charge in [0.2, 0.25) is 5.95 Å². The second-order valence-corrected chi connectivity index (χ2v) is 4.21. The smallest absolute Gasteiger partial charge is 0.239 e. The lowest BCUT2D eigenvalue weighted by molar-refractivity contribution is 1.04. The van der Waals surface area contributed by atoms with Crippen molar-refractivity contribution in [3.63, 3.8) is 0 Å². The first-order valence-electron chi connectivity index (χ1n) is 5.78. The van der Waals surface area contributed by atoms with Gasteiger partial charge in [0.1, 0.15) is 5.82 Å². The van der Waals surface area contributed by atoms with E-state index in [0.717, 1.165) is 17.9 Å². The number of nitrogens with two attached hydrogens (primary N) is 1. The van der Waals surface area contributed by atoms with Crippen molar-refractivity contribution in [2.75, 3.05) is 10.7 Å². The molecule has 0 saturated heterocycles. The van der Waals surface area contributed by atoms with E-state index in [1.807, 2.05) is 13.0 Å². The highest BCUT2D eigenvalue weighted by Gasteiger charge is 2.02. The van der Waals surface area contributed by atoms with Crippen LogP contribution < -0.4 is 16.6 Å². The summed E-state index contributed by atoms with van der Waals surface area (Å²) in [5.41, 5.74) is 5.89. The maximum atomic E-state index is 5.29. The number of anilines is 2. The zero-order chi connectivity index (χ0) is 13.0. The summed E-state index contributed by atoms with van der Waals surface area (Å²) in [4.78, 5) is 8.31. The van der Waals surface area contributed by atoms with E-state index in [2.05, 4.69) is 45.8 Å². The van der Waals surface area contributed by atoms with E-state index in [1.54, 1.807) is 6.20 Å². The number of hydrogen-bond donors (Lipinski definition) is 3. The summed E-state index contributed by atoms with van der Waals surface area (Å²) < 4.78 is 0. The Labute approximate surface area is 106 Å². The summed E-state index contributed by atoms with van der Waals surface area (Å²) in [6.07, 6.45) is 1.74. The number of hydrogen-bond acceptors (Lipinski definition) is 5. The van der Waals surface area contributed by atoms with Gasteiger partial charge in [-0.25, -0.2) is 10.8 Å². The highest BCUT2D eigenvalue weighted by molar-refractivity contribution is 5.46. The van der Waals surface area contributed by atoms with Crippen molar-refractivity contribution >= 4 is 11.8 Å². The molecule has 0 aliphatic carbocycles. The maximum Gasteiger partial charge on any atom is 0.239 e. The van der Waals surface area contributed by atoms with E-state index >= 15 is 0 Å². The molecular weight excluding hydrogens is 226 g/mol. The molecule has 4 N–H and O–H groups in total. The third-order valence-corrected chi connectivity index (χ3v) is 2.64. The molecule has 0 fully saturated rings. The van der Waals surface area contributed by atoms with Gasteiger partial charge in [0.15, 0.2) is 0 Å². The number of aryl methyl sites for hydroxylation is 2. The molecule has 2 aromatic rings. The molecule has 0 aliphatic rings. The van der Waals surface area contributed by atoms with E-state index in [9.17, 15) is 0 Å². The summed E-state index contributed by atoms with van der Waals surface area (Å²) in [5, 5.41) is 3.28. The highest BCUT2D eigenvalue weighted by Crippen LogP contribution is 2.13. The largest absolute Gasteiger partial charge is 0.366 e. The van der Waals surface area contributed by atoms with Crippen molar-refractivity contribution in [3.8, 4) is 0 Å². The normalized spacial score (nSPS) is 10.2. The molecule has 0 radical (unpaired) electrons. The van der Waals surface area contributed by atoms with Crippen LogP contribution in [0.2, 0.25) is 0 Å². The summed E-state index contributed by atoms with van der Waals surface area (Å²) >= 11 is 0. The Hall–Kier alpha value is -2.14. The lowest BCUT2D eigenvalue weighted by atomic mass is 10.1. The second kappa shape index (κ2) is 5.46. The van der Waals surface area contributed by atoms with Crippen molar-refractivity contribution in [1.82, 2.24) is 9.97 Å². The Bertz CT molecular complexity index is 539. The van der Waals surface area contributed by atoms with Gasteiger partial charge in [-0.15, -0.1) is 0 Å². The average Bonchev–Trinajstić information content (AvgIpc) is 2.38. The van der Waals surface area contributed by atoms with E-state index in [-0.39, 0.29) is 0 Å². The zero-order valence-corrected chi connectivity index (χ0v) is 10.6. The topological polar surface area (TPSA) is 75.9 Å². The minimum Gasteiger partial charge on any atom is -0.366 e. The van der Waals surface area contributed by atoms with Crippen LogP contribution in [0.4, 0.5) is 11.8 Å². The van der Waals surface area contributed by atoms with Gasteiger partial charge in [-0.3, -0.25) is 5.43 Å². The highest BCUT2D eigenvalue weighted by atomic mass is 15.3. The molecule has 0 unspecified atom stereocenters. The van der Waals surface area contributed by atoms with Crippen molar-refractivity contribution < 1.29 is 0 Å². The second-order valence-electron chi connectivity index (χ2n) is 4.21. The molecule has 2 rings (SSSR count). The number of rotatable bonds is 4. The first-order valence-corrected chi connectivity index (χ1v) is 5.78. The molecule has 94 valence electrons. The van der Waals surface area contributed by atoms with Crippen molar-refractivity contribution in [2.24, 2.45) is 5.84 Å². The van der Waals surface area contributed by atoms with Crippen LogP contribution >= 0.6 is 0 Å². The lowest BCUT2D eigenvalue weighted by Crippen LogP contribution is -2.12. The third kappa shape index (κ3) is 2.95. The molecule has 0 spiro atoms. The molecule has 5 heteroatoms. The maximum absolute atomic E-state index is 5.29. The van der Waals surface area contributed by atoms with Gasteiger partial charge < -0.3 is 5.32 Å². The Kier molecular flexibility index (Phi) is 3.74. The first kappa shape index (κ1) is 12.3. The van der Waals surface area contributed by atoms with Gasteiger partial charge >= 0.3 is 0 Å². The summed E-state index contributed by atoms with van der Waals surface area (Å²) in [7, 11) is 0. The van der Waals surface area contributed by atoms with Gasteiger partial charge in [0.25, 0.3) is 0 Å². The molecule has 0 bridgehead atoms. The molecular formula is C13H17N5. The van der Waals surface area contributed by atoms with Crippen LogP contribution in [0.5, 0.6) is 0 Å².